The van der Waals surface area contributed by atoms with Crippen LogP contribution in [-0.2, 0) is 61.8 Å². The van der Waals surface area contributed by atoms with E-state index in [4.69, 9.17) is 47.4 Å². The third-order valence-corrected chi connectivity index (χ3v) is 37.0. The molecular weight excluding hydrogens is 1400 g/mol. The van der Waals surface area contributed by atoms with Gasteiger partial charge >= 0.3 is 41.5 Å². The van der Waals surface area contributed by atoms with Gasteiger partial charge in [-0.2, -0.15) is 0 Å². The van der Waals surface area contributed by atoms with E-state index in [2.05, 4.69) is 88.8 Å². The van der Waals surface area contributed by atoms with E-state index in [1.807, 2.05) is 0 Å². The van der Waals surface area contributed by atoms with E-state index in [9.17, 15) is 24.9 Å². The predicted molar refractivity (Wildman–Crippen MR) is 413 cm³/mol. The first kappa shape index (κ1) is 84.1. The van der Waals surface area contributed by atoms with Crippen LogP contribution in [0.1, 0.15) is 241 Å². The second kappa shape index (κ2) is 29.5. The summed E-state index contributed by atoms with van der Waals surface area (Å²) < 4.78 is 62.9. The van der Waals surface area contributed by atoms with E-state index in [0.717, 1.165) is 111 Å². The van der Waals surface area contributed by atoms with Gasteiger partial charge in [0.1, 0.15) is 6.10 Å². The number of aliphatic hydroxyl groups is 3. The van der Waals surface area contributed by atoms with Crippen LogP contribution in [0.3, 0.4) is 0 Å². The average Bonchev–Trinajstić information content (AvgIpc) is 1.46. The molecule has 4 spiro atoms. The van der Waals surface area contributed by atoms with Gasteiger partial charge in [0.25, 0.3) is 0 Å². The van der Waals surface area contributed by atoms with Gasteiger partial charge in [-0.1, -0.05) is 69.2 Å². The average molecular weight is 1550 g/mol. The van der Waals surface area contributed by atoms with Crippen LogP contribution in [0.5, 0.6) is 0 Å². The fourth-order valence-corrected chi connectivity index (χ4v) is 31.5. The summed E-state index contributed by atoms with van der Waals surface area (Å²) in [6.07, 6.45) is 18.4. The Labute approximate surface area is 685 Å². The maximum absolute atomic E-state index is 15.1. The smallest absolute Gasteiger partial charge is 1.00 e. The molecule has 3 N–H and O–H groups in total. The Morgan fingerprint density at radius 1 is 0.518 bits per heavy atom. The van der Waals surface area contributed by atoms with Crippen molar-refractivity contribution in [1.82, 2.24) is 19.6 Å². The zero-order valence-corrected chi connectivity index (χ0v) is 72.8. The minimum absolute atomic E-state index is 0. The van der Waals surface area contributed by atoms with E-state index in [1.54, 1.807) is 27.7 Å². The van der Waals surface area contributed by atoms with Gasteiger partial charge in [0, 0.05) is 103 Å². The van der Waals surface area contributed by atoms with Gasteiger partial charge in [-0.3, -0.25) is 34.0 Å². The fourth-order valence-electron chi connectivity index (χ4n) is 31.5. The molecule has 0 aromatic heterocycles. The first-order valence-electron chi connectivity index (χ1n) is 43.9. The zero-order valence-electron chi connectivity index (χ0n) is 71.8. The van der Waals surface area contributed by atoms with Gasteiger partial charge in [-0.25, -0.2) is 0 Å². The van der Waals surface area contributed by atoms with E-state index in [-0.39, 0.29) is 143 Å². The topological polar surface area (TPSA) is 217 Å². The van der Waals surface area contributed by atoms with Gasteiger partial charge in [0.2, 0.25) is 0 Å². The molecule has 18 fully saturated rings. The number of rotatable bonds is 14. The summed E-state index contributed by atoms with van der Waals surface area (Å²) in [4.78, 5) is 50.0. The first-order chi connectivity index (χ1) is 50.9. The molecule has 18 aliphatic rings. The van der Waals surface area contributed by atoms with Crippen molar-refractivity contribution < 1.29 is 108 Å². The molecule has 0 aromatic rings. The standard InChI is InChI=1S/C44H72N2O8.C44H70N2O8.B.Na.H/c2*1-26-21-30(38(40(5,6)49)52-27(2)47)53-36-35(26)41(7)15-16-44-25-43(44)14-11-33(39(3,4)31(43)9-10-32(44)42(41,8)37(36)48)54-34-22-46(19-20-51-34)28-12-17-45(18-13-28)29-23-50-24-29;;;/h26,28-38,48-49H,9-25H2,1-8H3;26,28-36,38,49H,9-25H2,1-8H3;;;/q;;;+1;-1/t26-,30-,31+,32+,33+,34+,35+,36+,37+,38+,41-,42-,43?,44+;26-,30-,31+,32+,33+,34+,35+,36+,38+,41-,42-,43?,44+;;;/m11.../s1. The number of likely N-dealkylation sites (tertiary alicyclic amines) is 2. The summed E-state index contributed by atoms with van der Waals surface area (Å²) >= 11 is 0. The van der Waals surface area contributed by atoms with Crippen LogP contribution in [0.25, 0.3) is 0 Å². The third-order valence-electron chi connectivity index (χ3n) is 37.0. The molecule has 3 radical (unpaired) electrons. The molecule has 10 saturated carbocycles. The molecule has 18 rings (SSSR count). The second-order valence-electron chi connectivity index (χ2n) is 43.0. The third kappa shape index (κ3) is 12.8. The van der Waals surface area contributed by atoms with E-state index < -0.39 is 65.2 Å². The van der Waals surface area contributed by atoms with Crippen molar-refractivity contribution in [2.75, 3.05) is 92.0 Å². The number of piperidine rings is 2. The van der Waals surface area contributed by atoms with Crippen molar-refractivity contribution in [1.29, 1.82) is 0 Å². The maximum Gasteiger partial charge on any atom is 1.00 e. The van der Waals surface area contributed by atoms with Crippen molar-refractivity contribution in [3.8, 4) is 0 Å². The molecule has 27 atom stereocenters. The number of fused-ring (bicyclic) bond motifs is 8. The van der Waals surface area contributed by atoms with Crippen molar-refractivity contribution >= 4 is 26.1 Å². The van der Waals surface area contributed by atoms with Crippen LogP contribution in [0.2, 0.25) is 0 Å². The van der Waals surface area contributed by atoms with Crippen molar-refractivity contribution in [3.63, 3.8) is 0 Å². The number of esters is 2. The molecule has 8 saturated heterocycles. The van der Waals surface area contributed by atoms with Crippen LogP contribution in [0, 0.1) is 101 Å². The van der Waals surface area contributed by atoms with Crippen LogP contribution >= 0.6 is 0 Å². The molecular formula is C88H143BN4NaO16. The van der Waals surface area contributed by atoms with Gasteiger partial charge in [0.15, 0.2) is 30.6 Å². The summed E-state index contributed by atoms with van der Waals surface area (Å²) in [5.74, 6) is 2.20. The summed E-state index contributed by atoms with van der Waals surface area (Å²) in [6, 6.07) is 2.49. The molecule has 0 amide bonds. The summed E-state index contributed by atoms with van der Waals surface area (Å²) in [7, 11) is 0. The molecule has 0 aromatic carbocycles. The number of morpholine rings is 2. The molecule has 8 heterocycles. The van der Waals surface area contributed by atoms with Gasteiger partial charge in [-0.15, -0.1) is 0 Å². The molecule has 110 heavy (non-hydrogen) atoms. The van der Waals surface area contributed by atoms with E-state index in [0.29, 0.717) is 66.1 Å². The number of nitrogens with zero attached hydrogens (tertiary/aromatic N) is 4. The van der Waals surface area contributed by atoms with Crippen LogP contribution in [0.4, 0.5) is 0 Å². The zero-order chi connectivity index (χ0) is 76.4. The maximum atomic E-state index is 15.1. The summed E-state index contributed by atoms with van der Waals surface area (Å²) in [5.41, 5.74) is -2.37. The number of carbonyl (C=O) groups is 3. The van der Waals surface area contributed by atoms with Gasteiger partial charge in [-0.05, 0) is 241 Å². The molecule has 2 unspecified atom stereocenters. The van der Waals surface area contributed by atoms with Crippen LogP contribution in [0.15, 0.2) is 0 Å². The minimum atomic E-state index is -1.28. The molecule has 0 bridgehead atoms. The minimum Gasteiger partial charge on any atom is -1.00 e. The van der Waals surface area contributed by atoms with Crippen LogP contribution < -0.4 is 29.6 Å². The Kier molecular flexibility index (Phi) is 22.5. The Morgan fingerprint density at radius 3 is 1.36 bits per heavy atom. The SMILES string of the molecule is CC(=O)O[C@@H]([C@H]1C[C@@H](C)[C@H]2[C@H](O1)C(=O)[C@@]1(C)[C@@H]3CC[C@H]4C(C)(C)[C@@H](O[C@H]5CN(C6CCN(C7COC7)CC6)CCO5)CCC45C[C@@]35CC[C@]21C)C(C)(C)O.CC(=O)O[C@@H]([C@H]1C[C@@H](C)[C@H]2[C@H](O1)[C@H](O)[C@@]1(C)[C@@H]3CC[C@H]4C(C)(C)[C@@H](O[C@H]5CN(C6CCN(C7COC7)CC6)CCO5)CCC45C[C@@]35CC[C@]21C)C(C)(C)O.[B].[H-].[Na+]. The number of aliphatic hydroxyl groups excluding tert-OH is 1. The molecule has 8 aliphatic heterocycles. The number of ketones is 1. The Hall–Kier alpha value is -0.925. The normalized spacial score (nSPS) is 48.5. The molecule has 20 nitrogen and oxygen atoms in total. The number of hydrogen-bond acceptors (Lipinski definition) is 20. The van der Waals surface area contributed by atoms with Crippen molar-refractivity contribution in [2.45, 2.75) is 342 Å². The largest absolute Gasteiger partial charge is 1.00 e. The van der Waals surface area contributed by atoms with Gasteiger partial charge < -0.3 is 64.1 Å². The molecule has 22 heteroatoms. The Morgan fingerprint density at radius 2 is 0.927 bits per heavy atom. The summed E-state index contributed by atoms with van der Waals surface area (Å²) in [6.45, 7) is 47.2. The first-order valence-corrected chi connectivity index (χ1v) is 43.9. The Balaban J connectivity index is 0.000000180. The molecule has 10 aliphatic carbocycles. The van der Waals surface area contributed by atoms with E-state index in [1.165, 1.54) is 111 Å². The van der Waals surface area contributed by atoms with Crippen molar-refractivity contribution in [2.24, 2.45) is 101 Å². The number of Topliss-reactive ketones (excluding diaryl/α,β-unsaturated/α-hetero) is 1. The van der Waals surface area contributed by atoms with Gasteiger partial charge in [0.05, 0.1) is 99.6 Å². The monoisotopic (exact) mass is 1550 g/mol. The van der Waals surface area contributed by atoms with E-state index >= 15 is 4.79 Å². The van der Waals surface area contributed by atoms with Crippen LogP contribution in [-0.4, -0.2) is 256 Å². The van der Waals surface area contributed by atoms with Crippen molar-refractivity contribution in [3.05, 3.63) is 0 Å². The number of ether oxygens (including phenoxy) is 10. The number of carbonyl (C=O) groups excluding carboxylic acids is 3. The predicted octanol–water partition coefficient (Wildman–Crippen LogP) is 7.76. The quantitative estimate of drug-likeness (QED) is 0.112. The second-order valence-corrected chi connectivity index (χ2v) is 43.0. The summed E-state index contributed by atoms with van der Waals surface area (Å²) in [5, 5.41) is 34.8. The fraction of sp³-hybridized carbons (Fsp3) is 0.966. The number of hydrogen-bond donors (Lipinski definition) is 3. The molecule has 615 valence electrons. The Bertz CT molecular complexity index is 3380.